The summed E-state index contributed by atoms with van der Waals surface area (Å²) in [5.74, 6) is 1.59. The van der Waals surface area contributed by atoms with Crippen molar-refractivity contribution in [3.63, 3.8) is 0 Å². The van der Waals surface area contributed by atoms with Crippen molar-refractivity contribution < 1.29 is 23.8 Å². The van der Waals surface area contributed by atoms with Crippen LogP contribution in [0.2, 0.25) is 0 Å². The molecule has 7 nitrogen and oxygen atoms in total. The third kappa shape index (κ3) is 6.00. The van der Waals surface area contributed by atoms with Crippen molar-refractivity contribution in [2.24, 2.45) is 0 Å². The number of hydrogen-bond donors (Lipinski definition) is 2. The fraction of sp³-hybridized carbons (Fsp3) is 0.214. The standard InChI is InChI=1S/C28H28N2O5/c1-18(2)20-6-10-22(11-7-20)29-28(32)27(21-8-12-23(33-3)13-9-21)30-26(31)15-5-19-4-14-24-25(16-19)35-17-34-24/h4-16,18,27H,17H2,1-3H3,(H,29,32)(H,30,31)/b15-5+. The molecule has 35 heavy (non-hydrogen) atoms. The molecule has 1 atom stereocenters. The molecule has 0 saturated heterocycles. The number of fused-ring (bicyclic) bond motifs is 1. The SMILES string of the molecule is COc1ccc(C(NC(=O)/C=C/c2ccc3c(c2)OCO3)C(=O)Nc2ccc(C(C)C)cc2)cc1. The van der Waals surface area contributed by atoms with Crippen LogP contribution >= 0.6 is 0 Å². The van der Waals surface area contributed by atoms with Crippen LogP contribution in [-0.2, 0) is 9.59 Å². The van der Waals surface area contributed by atoms with Gasteiger partial charge < -0.3 is 24.8 Å². The maximum atomic E-state index is 13.2. The average molecular weight is 473 g/mol. The second kappa shape index (κ2) is 10.8. The smallest absolute Gasteiger partial charge is 0.251 e. The number of ether oxygens (including phenoxy) is 3. The molecular formula is C28H28N2O5. The normalized spacial score (nSPS) is 13.0. The first kappa shape index (κ1) is 23.9. The van der Waals surface area contributed by atoms with E-state index in [-0.39, 0.29) is 12.7 Å². The number of carbonyl (C=O) groups excluding carboxylic acids is 2. The van der Waals surface area contributed by atoms with Gasteiger partial charge in [-0.1, -0.05) is 44.2 Å². The summed E-state index contributed by atoms with van der Waals surface area (Å²) >= 11 is 0. The van der Waals surface area contributed by atoms with E-state index in [1.54, 1.807) is 49.6 Å². The zero-order valence-electron chi connectivity index (χ0n) is 19.9. The monoisotopic (exact) mass is 472 g/mol. The average Bonchev–Trinajstić information content (AvgIpc) is 3.34. The predicted molar refractivity (Wildman–Crippen MR) is 135 cm³/mol. The van der Waals surface area contributed by atoms with Crippen LogP contribution in [0.1, 0.15) is 42.5 Å². The maximum Gasteiger partial charge on any atom is 0.251 e. The van der Waals surface area contributed by atoms with Crippen LogP contribution in [-0.4, -0.2) is 25.7 Å². The van der Waals surface area contributed by atoms with E-state index in [1.807, 2.05) is 30.3 Å². The number of methoxy groups -OCH3 is 1. The maximum absolute atomic E-state index is 13.2. The summed E-state index contributed by atoms with van der Waals surface area (Å²) in [6.07, 6.45) is 3.05. The Kier molecular flexibility index (Phi) is 7.35. The lowest BCUT2D eigenvalue weighted by Crippen LogP contribution is -2.36. The highest BCUT2D eigenvalue weighted by molar-refractivity contribution is 6.00. The molecular weight excluding hydrogens is 444 g/mol. The summed E-state index contributed by atoms with van der Waals surface area (Å²) in [7, 11) is 1.57. The molecule has 0 aromatic heterocycles. The Morgan fingerprint density at radius 1 is 0.914 bits per heavy atom. The number of nitrogens with one attached hydrogen (secondary N) is 2. The molecule has 2 amide bonds. The van der Waals surface area contributed by atoms with Crippen LogP contribution in [0.15, 0.2) is 72.8 Å². The van der Waals surface area contributed by atoms with Gasteiger partial charge in [-0.25, -0.2) is 0 Å². The summed E-state index contributed by atoms with van der Waals surface area (Å²) in [5.41, 5.74) is 3.24. The van der Waals surface area contributed by atoms with Crippen molar-refractivity contribution in [2.75, 3.05) is 19.2 Å². The van der Waals surface area contributed by atoms with Crippen LogP contribution in [0.4, 0.5) is 5.69 Å². The van der Waals surface area contributed by atoms with Gasteiger partial charge in [-0.3, -0.25) is 9.59 Å². The molecule has 3 aromatic rings. The predicted octanol–water partition coefficient (Wildman–Crippen LogP) is 5.06. The van der Waals surface area contributed by atoms with E-state index < -0.39 is 11.9 Å². The number of carbonyl (C=O) groups is 2. The third-order valence-corrected chi connectivity index (χ3v) is 5.67. The van der Waals surface area contributed by atoms with Crippen molar-refractivity contribution in [1.29, 1.82) is 0 Å². The Labute approximate surface area is 204 Å². The fourth-order valence-corrected chi connectivity index (χ4v) is 3.64. The highest BCUT2D eigenvalue weighted by Gasteiger charge is 2.22. The molecule has 1 aliphatic heterocycles. The molecule has 1 unspecified atom stereocenters. The van der Waals surface area contributed by atoms with Gasteiger partial charge in [-0.15, -0.1) is 0 Å². The van der Waals surface area contributed by atoms with Gasteiger partial charge in [0.05, 0.1) is 7.11 Å². The van der Waals surface area contributed by atoms with Gasteiger partial charge in [0.25, 0.3) is 5.91 Å². The van der Waals surface area contributed by atoms with Gasteiger partial charge >= 0.3 is 0 Å². The molecule has 180 valence electrons. The zero-order valence-corrected chi connectivity index (χ0v) is 19.9. The minimum atomic E-state index is -0.903. The molecule has 0 radical (unpaired) electrons. The Bertz CT molecular complexity index is 1220. The van der Waals surface area contributed by atoms with Crippen molar-refractivity contribution in [2.45, 2.75) is 25.8 Å². The molecule has 1 aliphatic rings. The van der Waals surface area contributed by atoms with E-state index in [2.05, 4.69) is 24.5 Å². The van der Waals surface area contributed by atoms with Crippen molar-refractivity contribution in [3.05, 3.63) is 89.5 Å². The van der Waals surface area contributed by atoms with E-state index in [9.17, 15) is 9.59 Å². The lowest BCUT2D eigenvalue weighted by atomic mass is 10.0. The number of anilines is 1. The highest BCUT2D eigenvalue weighted by atomic mass is 16.7. The third-order valence-electron chi connectivity index (χ3n) is 5.67. The number of benzene rings is 3. The van der Waals surface area contributed by atoms with Gasteiger partial charge in [0.2, 0.25) is 12.7 Å². The van der Waals surface area contributed by atoms with Gasteiger partial charge in [0, 0.05) is 11.8 Å². The van der Waals surface area contributed by atoms with Crippen LogP contribution < -0.4 is 24.8 Å². The molecule has 2 N–H and O–H groups in total. The van der Waals surface area contributed by atoms with E-state index >= 15 is 0 Å². The quantitative estimate of drug-likeness (QED) is 0.448. The van der Waals surface area contributed by atoms with Gasteiger partial charge in [0.1, 0.15) is 11.8 Å². The molecule has 0 spiro atoms. The van der Waals surface area contributed by atoms with Crippen molar-refractivity contribution in [1.82, 2.24) is 5.32 Å². The lowest BCUT2D eigenvalue weighted by molar-refractivity contribution is -0.123. The van der Waals surface area contributed by atoms with Gasteiger partial charge in [0.15, 0.2) is 11.5 Å². The number of amides is 2. The lowest BCUT2D eigenvalue weighted by Gasteiger charge is -2.19. The van der Waals surface area contributed by atoms with Crippen LogP contribution in [0, 0.1) is 0 Å². The van der Waals surface area contributed by atoms with E-state index in [0.29, 0.717) is 34.4 Å². The fourth-order valence-electron chi connectivity index (χ4n) is 3.64. The summed E-state index contributed by atoms with van der Waals surface area (Å²) in [6, 6.07) is 19.2. The first-order valence-electron chi connectivity index (χ1n) is 11.4. The molecule has 4 rings (SSSR count). The second-order valence-corrected chi connectivity index (χ2v) is 8.43. The Balaban J connectivity index is 1.50. The minimum absolute atomic E-state index is 0.182. The van der Waals surface area contributed by atoms with Crippen LogP contribution in [0.25, 0.3) is 6.08 Å². The largest absolute Gasteiger partial charge is 0.497 e. The summed E-state index contributed by atoms with van der Waals surface area (Å²) in [6.45, 7) is 4.40. The minimum Gasteiger partial charge on any atom is -0.497 e. The number of rotatable bonds is 8. The molecule has 1 heterocycles. The Morgan fingerprint density at radius 3 is 2.29 bits per heavy atom. The van der Waals surface area contributed by atoms with Gasteiger partial charge in [-0.05, 0) is 65.1 Å². The Hall–Kier alpha value is -4.26. The summed E-state index contributed by atoms with van der Waals surface area (Å²) in [5, 5.41) is 5.71. The number of hydrogen-bond acceptors (Lipinski definition) is 5. The van der Waals surface area contributed by atoms with E-state index in [0.717, 1.165) is 5.56 Å². The second-order valence-electron chi connectivity index (χ2n) is 8.43. The molecule has 0 aliphatic carbocycles. The van der Waals surface area contributed by atoms with Gasteiger partial charge in [-0.2, -0.15) is 0 Å². The first-order chi connectivity index (χ1) is 16.9. The van der Waals surface area contributed by atoms with E-state index in [1.165, 1.54) is 11.6 Å². The van der Waals surface area contributed by atoms with Crippen molar-refractivity contribution >= 4 is 23.6 Å². The Morgan fingerprint density at radius 2 is 1.60 bits per heavy atom. The summed E-state index contributed by atoms with van der Waals surface area (Å²) in [4.78, 5) is 26.0. The summed E-state index contributed by atoms with van der Waals surface area (Å²) < 4.78 is 15.9. The van der Waals surface area contributed by atoms with Crippen molar-refractivity contribution in [3.8, 4) is 17.2 Å². The first-order valence-corrected chi connectivity index (χ1v) is 11.4. The highest BCUT2D eigenvalue weighted by Crippen LogP contribution is 2.32. The zero-order chi connectivity index (χ0) is 24.8. The molecule has 7 heteroatoms. The topological polar surface area (TPSA) is 85.9 Å². The van der Waals surface area contributed by atoms with Crippen LogP contribution in [0.5, 0.6) is 17.2 Å². The molecule has 3 aromatic carbocycles. The molecule has 0 bridgehead atoms. The van der Waals surface area contributed by atoms with Crippen LogP contribution in [0.3, 0.4) is 0 Å². The molecule has 0 saturated carbocycles. The molecule has 0 fully saturated rings. The van der Waals surface area contributed by atoms with E-state index in [4.69, 9.17) is 14.2 Å².